The first-order chi connectivity index (χ1) is 6.11. The van der Waals surface area contributed by atoms with E-state index in [9.17, 15) is 4.79 Å². The summed E-state index contributed by atoms with van der Waals surface area (Å²) in [5.41, 5.74) is 1.30. The average Bonchev–Trinajstić information content (AvgIpc) is 2.47. The van der Waals surface area contributed by atoms with Crippen LogP contribution in [0, 0.1) is 0 Å². The summed E-state index contributed by atoms with van der Waals surface area (Å²) in [6, 6.07) is 0.0793. The lowest BCUT2D eigenvalue weighted by Crippen LogP contribution is -2.37. The average molecular weight is 182 g/mol. The monoisotopic (exact) mass is 182 g/mol. The van der Waals surface area contributed by atoms with Crippen molar-refractivity contribution in [2.75, 3.05) is 20.1 Å². The molecule has 1 atom stereocenters. The lowest BCUT2D eigenvalue weighted by Gasteiger charge is -2.20. The fourth-order valence-electron chi connectivity index (χ4n) is 1.46. The highest BCUT2D eigenvalue weighted by molar-refractivity contribution is 5.83. The van der Waals surface area contributed by atoms with Crippen molar-refractivity contribution in [3.8, 4) is 0 Å². The van der Waals surface area contributed by atoms with Crippen molar-refractivity contribution in [3.05, 3.63) is 11.6 Å². The van der Waals surface area contributed by atoms with Gasteiger partial charge in [-0.1, -0.05) is 11.6 Å². The van der Waals surface area contributed by atoms with Crippen molar-refractivity contribution in [2.24, 2.45) is 0 Å². The summed E-state index contributed by atoms with van der Waals surface area (Å²) < 4.78 is 0. The predicted molar refractivity (Wildman–Crippen MR) is 53.5 cm³/mol. The summed E-state index contributed by atoms with van der Waals surface area (Å²) in [6.45, 7) is 5.83. The standard InChI is InChI=1S/C10H18N2O/c1-8(2)5-7-12(3)9-4-6-11-10(9)13/h5,9H,4,6-7H2,1-3H3,(H,11,13). The van der Waals surface area contributed by atoms with E-state index in [1.54, 1.807) is 0 Å². The number of rotatable bonds is 3. The molecule has 0 aliphatic carbocycles. The molecule has 0 saturated carbocycles. The molecule has 1 aliphatic rings. The maximum atomic E-state index is 11.3. The van der Waals surface area contributed by atoms with Gasteiger partial charge in [0.1, 0.15) is 0 Å². The van der Waals surface area contributed by atoms with E-state index in [2.05, 4.69) is 30.1 Å². The zero-order valence-corrected chi connectivity index (χ0v) is 8.63. The maximum absolute atomic E-state index is 11.3. The van der Waals surface area contributed by atoms with Gasteiger partial charge in [-0.05, 0) is 27.3 Å². The minimum Gasteiger partial charge on any atom is -0.355 e. The van der Waals surface area contributed by atoms with Gasteiger partial charge in [0.25, 0.3) is 0 Å². The lowest BCUT2D eigenvalue weighted by molar-refractivity contribution is -0.123. The molecule has 1 rings (SSSR count). The van der Waals surface area contributed by atoms with Crippen LogP contribution >= 0.6 is 0 Å². The van der Waals surface area contributed by atoms with Crippen LogP contribution in [-0.4, -0.2) is 37.0 Å². The molecular formula is C10H18N2O. The Morgan fingerprint density at radius 3 is 2.85 bits per heavy atom. The zero-order chi connectivity index (χ0) is 9.84. The quantitative estimate of drug-likeness (QED) is 0.654. The molecular weight excluding hydrogens is 164 g/mol. The Hall–Kier alpha value is -0.830. The third kappa shape index (κ3) is 2.84. The number of hydrogen-bond acceptors (Lipinski definition) is 2. The van der Waals surface area contributed by atoms with Crippen molar-refractivity contribution in [3.63, 3.8) is 0 Å². The van der Waals surface area contributed by atoms with Crippen LogP contribution in [0.4, 0.5) is 0 Å². The first-order valence-electron chi connectivity index (χ1n) is 4.72. The van der Waals surface area contributed by atoms with E-state index in [-0.39, 0.29) is 11.9 Å². The molecule has 1 fully saturated rings. The van der Waals surface area contributed by atoms with E-state index in [0.717, 1.165) is 19.5 Å². The Bertz CT molecular complexity index is 219. The summed E-state index contributed by atoms with van der Waals surface area (Å²) in [7, 11) is 2.00. The molecule has 0 aromatic rings. The molecule has 0 bridgehead atoms. The maximum Gasteiger partial charge on any atom is 0.237 e. The molecule has 0 spiro atoms. The fourth-order valence-corrected chi connectivity index (χ4v) is 1.46. The van der Waals surface area contributed by atoms with Crippen LogP contribution in [0.3, 0.4) is 0 Å². The van der Waals surface area contributed by atoms with Crippen molar-refractivity contribution in [2.45, 2.75) is 26.3 Å². The Morgan fingerprint density at radius 2 is 2.38 bits per heavy atom. The van der Waals surface area contributed by atoms with Gasteiger partial charge in [-0.25, -0.2) is 0 Å². The summed E-state index contributed by atoms with van der Waals surface area (Å²) in [6.07, 6.45) is 3.08. The highest BCUT2D eigenvalue weighted by atomic mass is 16.2. The largest absolute Gasteiger partial charge is 0.355 e. The number of nitrogens with one attached hydrogen (secondary N) is 1. The predicted octanol–water partition coefficient (Wildman–Crippen LogP) is 0.773. The highest BCUT2D eigenvalue weighted by Gasteiger charge is 2.26. The van der Waals surface area contributed by atoms with E-state index in [4.69, 9.17) is 0 Å². The van der Waals surface area contributed by atoms with Gasteiger partial charge in [-0.15, -0.1) is 0 Å². The molecule has 74 valence electrons. The van der Waals surface area contributed by atoms with Crippen molar-refractivity contribution < 1.29 is 4.79 Å². The van der Waals surface area contributed by atoms with Crippen molar-refractivity contribution >= 4 is 5.91 Å². The second-order valence-corrected chi connectivity index (χ2v) is 3.82. The third-order valence-corrected chi connectivity index (χ3v) is 2.34. The smallest absolute Gasteiger partial charge is 0.237 e. The van der Waals surface area contributed by atoms with E-state index < -0.39 is 0 Å². The Morgan fingerprint density at radius 1 is 1.69 bits per heavy atom. The van der Waals surface area contributed by atoms with Crippen LogP contribution in [0.1, 0.15) is 20.3 Å². The molecule has 13 heavy (non-hydrogen) atoms. The van der Waals surface area contributed by atoms with Crippen LogP contribution < -0.4 is 5.32 Å². The fraction of sp³-hybridized carbons (Fsp3) is 0.700. The van der Waals surface area contributed by atoms with Crippen LogP contribution in [0.5, 0.6) is 0 Å². The van der Waals surface area contributed by atoms with Crippen LogP contribution in [0.15, 0.2) is 11.6 Å². The van der Waals surface area contributed by atoms with Crippen LogP contribution in [0.2, 0.25) is 0 Å². The molecule has 0 aromatic heterocycles. The van der Waals surface area contributed by atoms with Gasteiger partial charge in [-0.3, -0.25) is 9.69 Å². The summed E-state index contributed by atoms with van der Waals surface area (Å²) >= 11 is 0. The van der Waals surface area contributed by atoms with Crippen molar-refractivity contribution in [1.29, 1.82) is 0 Å². The molecule has 1 N–H and O–H groups in total. The normalized spacial score (nSPS) is 21.8. The minimum absolute atomic E-state index is 0.0793. The highest BCUT2D eigenvalue weighted by Crippen LogP contribution is 2.07. The van der Waals surface area contributed by atoms with Crippen LogP contribution in [0.25, 0.3) is 0 Å². The SMILES string of the molecule is CC(C)=CCN(C)C1CCNC1=O. The number of nitrogens with zero attached hydrogens (tertiary/aromatic N) is 1. The van der Waals surface area contributed by atoms with Gasteiger partial charge in [0, 0.05) is 13.1 Å². The molecule has 0 radical (unpaired) electrons. The van der Waals surface area contributed by atoms with Gasteiger partial charge in [0.15, 0.2) is 0 Å². The first-order valence-corrected chi connectivity index (χ1v) is 4.72. The molecule has 3 nitrogen and oxygen atoms in total. The van der Waals surface area contributed by atoms with Gasteiger partial charge >= 0.3 is 0 Å². The Balaban J connectivity index is 2.43. The zero-order valence-electron chi connectivity index (χ0n) is 8.63. The van der Waals surface area contributed by atoms with E-state index in [0.29, 0.717) is 0 Å². The van der Waals surface area contributed by atoms with Gasteiger partial charge < -0.3 is 5.32 Å². The number of amides is 1. The van der Waals surface area contributed by atoms with E-state index in [1.807, 2.05) is 7.05 Å². The number of hydrogen-bond donors (Lipinski definition) is 1. The van der Waals surface area contributed by atoms with Crippen molar-refractivity contribution in [1.82, 2.24) is 10.2 Å². The van der Waals surface area contributed by atoms with E-state index in [1.165, 1.54) is 5.57 Å². The Kier molecular flexibility index (Phi) is 3.48. The molecule has 1 amide bonds. The molecule has 0 aromatic carbocycles. The second kappa shape index (κ2) is 4.42. The lowest BCUT2D eigenvalue weighted by atomic mass is 10.2. The summed E-state index contributed by atoms with van der Waals surface area (Å²) in [4.78, 5) is 13.4. The molecule has 1 saturated heterocycles. The number of likely N-dealkylation sites (N-methyl/N-ethyl adjacent to an activating group) is 1. The molecule has 1 aliphatic heterocycles. The van der Waals surface area contributed by atoms with Gasteiger partial charge in [-0.2, -0.15) is 0 Å². The second-order valence-electron chi connectivity index (χ2n) is 3.82. The third-order valence-electron chi connectivity index (χ3n) is 2.34. The number of carbonyl (C=O) groups is 1. The Labute approximate surface area is 79.8 Å². The summed E-state index contributed by atoms with van der Waals surface area (Å²) in [5.74, 6) is 0.171. The van der Waals surface area contributed by atoms with Gasteiger partial charge in [0.2, 0.25) is 5.91 Å². The van der Waals surface area contributed by atoms with Gasteiger partial charge in [0.05, 0.1) is 6.04 Å². The van der Waals surface area contributed by atoms with Crippen LogP contribution in [-0.2, 0) is 4.79 Å². The first kappa shape index (κ1) is 10.3. The molecule has 3 heteroatoms. The topological polar surface area (TPSA) is 32.3 Å². The number of allylic oxidation sites excluding steroid dienone is 1. The molecule has 1 heterocycles. The number of carbonyl (C=O) groups excluding carboxylic acids is 1. The minimum atomic E-state index is 0.0793. The summed E-state index contributed by atoms with van der Waals surface area (Å²) in [5, 5.41) is 2.84. The molecule has 1 unspecified atom stereocenters. The van der Waals surface area contributed by atoms with E-state index >= 15 is 0 Å².